The molecule has 4 nitrogen and oxygen atoms in total. The molecule has 0 aliphatic carbocycles. The Morgan fingerprint density at radius 1 is 1.27 bits per heavy atom. The zero-order valence-electron chi connectivity index (χ0n) is 5.17. The van der Waals surface area contributed by atoms with E-state index < -0.39 is 0 Å². The van der Waals surface area contributed by atoms with E-state index >= 15 is 0 Å². The van der Waals surface area contributed by atoms with Gasteiger partial charge < -0.3 is 5.73 Å². The first-order valence-electron chi connectivity index (χ1n) is 2.53. The van der Waals surface area contributed by atoms with Gasteiger partial charge in [-0.15, -0.1) is 0 Å². The lowest BCUT2D eigenvalue weighted by Crippen LogP contribution is -1.97. The molecule has 0 saturated heterocycles. The number of hydrogen-bond acceptors (Lipinski definition) is 4. The van der Waals surface area contributed by atoms with Gasteiger partial charge in [-0.3, -0.25) is 0 Å². The second-order valence-corrected chi connectivity index (χ2v) is 3.15. The average Bonchev–Trinajstić information content (AvgIpc) is 1.97. The molecule has 0 bridgehead atoms. The van der Waals surface area contributed by atoms with Gasteiger partial charge >= 0.3 is 0 Å². The fourth-order valence-electron chi connectivity index (χ4n) is 0.480. The molecule has 0 radical (unpaired) electrons. The van der Waals surface area contributed by atoms with Gasteiger partial charge in [0, 0.05) is 0 Å². The lowest BCUT2D eigenvalue weighted by molar-refractivity contribution is 1.11. The minimum absolute atomic E-state index is 0.186. The maximum absolute atomic E-state index is 8.48. The minimum Gasteiger partial charge on any atom is -0.381 e. The van der Waals surface area contributed by atoms with Crippen molar-refractivity contribution in [2.75, 3.05) is 5.73 Å². The van der Waals surface area contributed by atoms with E-state index in [9.17, 15) is 0 Å². The van der Waals surface area contributed by atoms with Gasteiger partial charge in [0.05, 0.1) is 0 Å². The van der Waals surface area contributed by atoms with Crippen molar-refractivity contribution in [3.63, 3.8) is 0 Å². The zero-order valence-corrected chi connectivity index (χ0v) is 8.35. The normalized spacial score (nSPS) is 9.18. The van der Waals surface area contributed by atoms with Crippen LogP contribution in [0.4, 0.5) is 5.82 Å². The molecule has 11 heavy (non-hydrogen) atoms. The van der Waals surface area contributed by atoms with Gasteiger partial charge in [-0.2, -0.15) is 5.26 Å². The fraction of sp³-hybridized carbons (Fsp3) is 0. The average molecular weight is 278 g/mol. The number of aromatic nitrogens is 2. The van der Waals surface area contributed by atoms with E-state index in [1.54, 1.807) is 0 Å². The third-order valence-corrected chi connectivity index (χ3v) is 2.08. The molecule has 2 N–H and O–H groups in total. The monoisotopic (exact) mass is 276 g/mol. The molecular weight excluding hydrogens is 276 g/mol. The summed E-state index contributed by atoms with van der Waals surface area (Å²) in [5.74, 6) is 0.213. The van der Waals surface area contributed by atoms with Crippen LogP contribution in [0, 0.1) is 11.3 Å². The second-order valence-electron chi connectivity index (χ2n) is 1.65. The Hall–Kier alpha value is -0.670. The molecule has 1 aromatic heterocycles. The van der Waals surface area contributed by atoms with Crippen LogP contribution in [-0.4, -0.2) is 9.97 Å². The van der Waals surface area contributed by atoms with Crippen molar-refractivity contribution in [2.45, 2.75) is 0 Å². The van der Waals surface area contributed by atoms with Crippen LogP contribution >= 0.6 is 31.9 Å². The first kappa shape index (κ1) is 8.43. The number of hydrogen-bond donors (Lipinski definition) is 1. The largest absolute Gasteiger partial charge is 0.381 e. The van der Waals surface area contributed by atoms with Crippen molar-refractivity contribution in [3.8, 4) is 6.07 Å². The highest BCUT2D eigenvalue weighted by Gasteiger charge is 2.05. The molecule has 0 saturated carbocycles. The number of halogens is 2. The van der Waals surface area contributed by atoms with Crippen LogP contribution in [0.2, 0.25) is 0 Å². The molecule has 1 aromatic rings. The molecular formula is C5H2Br2N4. The summed E-state index contributed by atoms with van der Waals surface area (Å²) in [6.07, 6.45) is 0. The predicted molar refractivity (Wildman–Crippen MR) is 46.6 cm³/mol. The summed E-state index contributed by atoms with van der Waals surface area (Å²) in [7, 11) is 0. The van der Waals surface area contributed by atoms with E-state index in [1.165, 1.54) is 0 Å². The van der Waals surface area contributed by atoms with Crippen molar-refractivity contribution < 1.29 is 0 Å². The number of nitriles is 1. The first-order chi connectivity index (χ1) is 5.15. The van der Waals surface area contributed by atoms with Crippen molar-refractivity contribution in [1.29, 1.82) is 5.26 Å². The molecule has 0 unspecified atom stereocenters. The van der Waals surface area contributed by atoms with Crippen LogP contribution in [0.25, 0.3) is 0 Å². The maximum Gasteiger partial charge on any atom is 0.175 e. The Morgan fingerprint density at radius 3 is 2.45 bits per heavy atom. The van der Waals surface area contributed by atoms with Gasteiger partial charge in [0.2, 0.25) is 0 Å². The summed E-state index contributed by atoms with van der Waals surface area (Å²) in [5, 5.41) is 8.48. The van der Waals surface area contributed by atoms with E-state index in [0.29, 0.717) is 9.21 Å². The number of nitrogens with two attached hydrogens (primary N) is 1. The summed E-state index contributed by atoms with van der Waals surface area (Å²) in [5.41, 5.74) is 5.56. The number of anilines is 1. The molecule has 0 aliphatic rings. The van der Waals surface area contributed by atoms with Crippen molar-refractivity contribution in [2.24, 2.45) is 0 Å². The van der Waals surface area contributed by atoms with Gasteiger partial charge in [-0.05, 0) is 31.9 Å². The summed E-state index contributed by atoms with van der Waals surface area (Å²) < 4.78 is 0.824. The van der Waals surface area contributed by atoms with Crippen LogP contribution < -0.4 is 5.73 Å². The highest BCUT2D eigenvalue weighted by atomic mass is 79.9. The minimum atomic E-state index is 0.186. The Morgan fingerprint density at radius 2 is 1.91 bits per heavy atom. The van der Waals surface area contributed by atoms with Gasteiger partial charge in [0.25, 0.3) is 0 Å². The first-order valence-corrected chi connectivity index (χ1v) is 4.12. The van der Waals surface area contributed by atoms with Crippen LogP contribution in [-0.2, 0) is 0 Å². The van der Waals surface area contributed by atoms with Crippen LogP contribution in [0.15, 0.2) is 9.21 Å². The van der Waals surface area contributed by atoms with Crippen molar-refractivity contribution in [3.05, 3.63) is 14.9 Å². The Kier molecular flexibility index (Phi) is 2.42. The maximum atomic E-state index is 8.48. The lowest BCUT2D eigenvalue weighted by Gasteiger charge is -1.97. The SMILES string of the molecule is N#Cc1nc(N)c(Br)nc1Br. The predicted octanol–water partition coefficient (Wildman–Crippen LogP) is 1.46. The van der Waals surface area contributed by atoms with E-state index in [1.807, 2.05) is 6.07 Å². The summed E-state index contributed by atoms with van der Waals surface area (Å²) >= 11 is 6.13. The molecule has 1 heterocycles. The van der Waals surface area contributed by atoms with E-state index in [4.69, 9.17) is 11.0 Å². The Bertz CT molecular complexity index is 330. The summed E-state index contributed by atoms with van der Waals surface area (Å²) in [6.45, 7) is 0. The number of rotatable bonds is 0. The van der Waals surface area contributed by atoms with Gasteiger partial charge in [0.1, 0.15) is 15.3 Å². The molecule has 0 amide bonds. The molecule has 0 spiro atoms. The van der Waals surface area contributed by atoms with Gasteiger partial charge in [-0.1, -0.05) is 0 Å². The molecule has 56 valence electrons. The highest BCUT2D eigenvalue weighted by Crippen LogP contribution is 2.19. The van der Waals surface area contributed by atoms with Crippen LogP contribution in [0.5, 0.6) is 0 Å². The molecule has 6 heteroatoms. The van der Waals surface area contributed by atoms with Gasteiger partial charge in [0.15, 0.2) is 11.5 Å². The van der Waals surface area contributed by atoms with E-state index in [-0.39, 0.29) is 11.5 Å². The topological polar surface area (TPSA) is 75.6 Å². The zero-order chi connectivity index (χ0) is 8.43. The third-order valence-electron chi connectivity index (χ3n) is 0.941. The summed E-state index contributed by atoms with van der Waals surface area (Å²) in [6, 6.07) is 1.84. The van der Waals surface area contributed by atoms with Crippen molar-refractivity contribution >= 4 is 37.7 Å². The molecule has 0 fully saturated rings. The van der Waals surface area contributed by atoms with Crippen molar-refractivity contribution in [1.82, 2.24) is 9.97 Å². The molecule has 0 atom stereocenters. The molecule has 0 aliphatic heterocycles. The van der Waals surface area contributed by atoms with Crippen LogP contribution in [0.3, 0.4) is 0 Å². The third kappa shape index (κ3) is 1.67. The van der Waals surface area contributed by atoms with E-state index in [2.05, 4.69) is 41.8 Å². The standard InChI is InChI=1S/C5H2Br2N4/c6-3-2(1-8)10-5(9)4(7)11-3/h(H2,9,10). The van der Waals surface area contributed by atoms with E-state index in [0.717, 1.165) is 0 Å². The molecule has 1 rings (SSSR count). The Balaban J connectivity index is 3.35. The van der Waals surface area contributed by atoms with Gasteiger partial charge in [-0.25, -0.2) is 9.97 Å². The second kappa shape index (κ2) is 3.15. The van der Waals surface area contributed by atoms with Crippen LogP contribution in [0.1, 0.15) is 5.69 Å². The number of nitrogen functional groups attached to an aromatic ring is 1. The number of nitrogens with zero attached hydrogens (tertiary/aromatic N) is 3. The quantitative estimate of drug-likeness (QED) is 0.779. The smallest absolute Gasteiger partial charge is 0.175 e. The highest BCUT2D eigenvalue weighted by molar-refractivity contribution is 9.11. The lowest BCUT2D eigenvalue weighted by atomic mass is 10.5. The molecule has 0 aromatic carbocycles. The summed E-state index contributed by atoms with van der Waals surface area (Å²) in [4.78, 5) is 7.62. The Labute approximate surface area is 79.7 Å². The fourth-order valence-corrected chi connectivity index (χ4v) is 1.34.